The van der Waals surface area contributed by atoms with E-state index in [-0.39, 0.29) is 17.5 Å². The Bertz CT molecular complexity index is 441. The molecule has 0 radical (unpaired) electrons. The van der Waals surface area contributed by atoms with Crippen LogP contribution >= 0.6 is 0 Å². The van der Waals surface area contributed by atoms with Crippen LogP contribution in [-0.4, -0.2) is 33.2 Å². The molecule has 1 atom stereocenters. The van der Waals surface area contributed by atoms with Gasteiger partial charge >= 0.3 is 0 Å². The summed E-state index contributed by atoms with van der Waals surface area (Å²) < 4.78 is 31.3. The van der Waals surface area contributed by atoms with Gasteiger partial charge in [-0.2, -0.15) is 0 Å². The molecule has 0 aliphatic heterocycles. The summed E-state index contributed by atoms with van der Waals surface area (Å²) in [5.41, 5.74) is 6.10. The molecule has 1 heterocycles. The van der Waals surface area contributed by atoms with Crippen molar-refractivity contribution < 1.29 is 13.2 Å². The van der Waals surface area contributed by atoms with E-state index in [1.54, 1.807) is 14.0 Å². The fraction of sp³-hybridized carbons (Fsp3) is 0.600. The third kappa shape index (κ3) is 4.12. The second kappa shape index (κ2) is 6.15. The summed E-state index contributed by atoms with van der Waals surface area (Å²) in [5.74, 6) is 0. The second-order valence-corrected chi connectivity index (χ2v) is 5.58. The highest BCUT2D eigenvalue weighted by Gasteiger charge is 2.18. The fourth-order valence-corrected chi connectivity index (χ4v) is 2.67. The Labute approximate surface area is 102 Å². The fourth-order valence-electron chi connectivity index (χ4n) is 1.38. The molecule has 0 aliphatic carbocycles. The van der Waals surface area contributed by atoms with E-state index in [2.05, 4.69) is 9.71 Å². The van der Waals surface area contributed by atoms with Crippen molar-refractivity contribution in [3.63, 3.8) is 0 Å². The van der Waals surface area contributed by atoms with Crippen molar-refractivity contribution >= 4 is 10.0 Å². The van der Waals surface area contributed by atoms with Crippen molar-refractivity contribution in [3.8, 4) is 0 Å². The molecular weight excluding hydrogens is 242 g/mol. The van der Waals surface area contributed by atoms with Gasteiger partial charge in [0.2, 0.25) is 10.0 Å². The number of rotatable bonds is 7. The van der Waals surface area contributed by atoms with Gasteiger partial charge in [0.15, 0.2) is 0 Å². The summed E-state index contributed by atoms with van der Waals surface area (Å²) in [4.78, 5) is 3.02. The van der Waals surface area contributed by atoms with Crippen LogP contribution in [0.1, 0.15) is 19.0 Å². The molecule has 6 nitrogen and oxygen atoms in total. The Morgan fingerprint density at radius 1 is 1.59 bits per heavy atom. The van der Waals surface area contributed by atoms with Gasteiger partial charge in [-0.1, -0.05) is 0 Å². The molecule has 0 saturated carbocycles. The number of ether oxygens (including phenoxy) is 1. The minimum absolute atomic E-state index is 0.170. The van der Waals surface area contributed by atoms with Crippen LogP contribution in [0.5, 0.6) is 0 Å². The lowest BCUT2D eigenvalue weighted by atomic mass is 10.3. The van der Waals surface area contributed by atoms with Crippen LogP contribution in [0.2, 0.25) is 0 Å². The van der Waals surface area contributed by atoms with Gasteiger partial charge in [-0.15, -0.1) is 0 Å². The zero-order valence-corrected chi connectivity index (χ0v) is 10.9. The average Bonchev–Trinajstić information content (AvgIpc) is 2.75. The van der Waals surface area contributed by atoms with Crippen molar-refractivity contribution in [2.45, 2.75) is 30.8 Å². The smallest absolute Gasteiger partial charge is 0.242 e. The van der Waals surface area contributed by atoms with E-state index in [1.165, 1.54) is 12.3 Å². The minimum Gasteiger partial charge on any atom is -0.385 e. The van der Waals surface area contributed by atoms with Crippen LogP contribution < -0.4 is 10.5 Å². The highest BCUT2D eigenvalue weighted by Crippen LogP contribution is 2.11. The van der Waals surface area contributed by atoms with Crippen LogP contribution in [0.25, 0.3) is 0 Å². The van der Waals surface area contributed by atoms with Crippen molar-refractivity contribution in [1.29, 1.82) is 0 Å². The van der Waals surface area contributed by atoms with E-state index in [4.69, 9.17) is 10.5 Å². The SMILES string of the molecule is COCCC(C)NS(=O)(=O)c1c[nH]c(CN)c1. The molecule has 0 bridgehead atoms. The highest BCUT2D eigenvalue weighted by atomic mass is 32.2. The first-order valence-electron chi connectivity index (χ1n) is 5.38. The van der Waals surface area contributed by atoms with Gasteiger partial charge in [0.25, 0.3) is 0 Å². The van der Waals surface area contributed by atoms with E-state index in [1.807, 2.05) is 0 Å². The Morgan fingerprint density at radius 3 is 2.82 bits per heavy atom. The number of H-pyrrole nitrogens is 1. The molecule has 0 spiro atoms. The lowest BCUT2D eigenvalue weighted by Gasteiger charge is -2.12. The predicted molar refractivity (Wildman–Crippen MR) is 65.0 cm³/mol. The predicted octanol–water partition coefficient (Wildman–Crippen LogP) is 0.177. The monoisotopic (exact) mass is 261 g/mol. The molecule has 0 saturated heterocycles. The molecule has 17 heavy (non-hydrogen) atoms. The Kier molecular flexibility index (Phi) is 5.13. The topological polar surface area (TPSA) is 97.2 Å². The summed E-state index contributed by atoms with van der Waals surface area (Å²) in [6.07, 6.45) is 2.07. The standard InChI is InChI=1S/C10H19N3O3S/c1-8(3-4-16-2)13-17(14,15)10-5-9(6-11)12-7-10/h5,7-8,12-13H,3-4,6,11H2,1-2H3. The molecule has 7 heteroatoms. The van der Waals surface area contributed by atoms with Gasteiger partial charge < -0.3 is 15.5 Å². The summed E-state index contributed by atoms with van der Waals surface area (Å²) >= 11 is 0. The summed E-state index contributed by atoms with van der Waals surface area (Å²) in [6.45, 7) is 2.60. The number of hydrogen-bond donors (Lipinski definition) is 3. The second-order valence-electron chi connectivity index (χ2n) is 3.87. The van der Waals surface area contributed by atoms with E-state index >= 15 is 0 Å². The number of sulfonamides is 1. The number of nitrogens with two attached hydrogens (primary N) is 1. The maximum Gasteiger partial charge on any atom is 0.242 e. The van der Waals surface area contributed by atoms with Crippen LogP contribution in [-0.2, 0) is 21.3 Å². The molecule has 0 fully saturated rings. The van der Waals surface area contributed by atoms with E-state index in [9.17, 15) is 8.42 Å². The lowest BCUT2D eigenvalue weighted by Crippen LogP contribution is -2.33. The van der Waals surface area contributed by atoms with Crippen LogP contribution in [0.4, 0.5) is 0 Å². The first-order valence-corrected chi connectivity index (χ1v) is 6.86. The van der Waals surface area contributed by atoms with Gasteiger partial charge in [0, 0.05) is 38.2 Å². The van der Waals surface area contributed by atoms with Crippen molar-refractivity contribution in [2.24, 2.45) is 5.73 Å². The Morgan fingerprint density at radius 2 is 2.29 bits per heavy atom. The van der Waals surface area contributed by atoms with Gasteiger partial charge in [-0.05, 0) is 19.4 Å². The zero-order chi connectivity index (χ0) is 12.9. The molecule has 0 aromatic carbocycles. The summed E-state index contributed by atoms with van der Waals surface area (Å²) in [6, 6.07) is 1.36. The molecule has 1 unspecified atom stereocenters. The molecule has 1 aromatic heterocycles. The number of hydrogen-bond acceptors (Lipinski definition) is 4. The third-order valence-electron chi connectivity index (χ3n) is 2.36. The molecule has 1 rings (SSSR count). The maximum atomic E-state index is 11.9. The largest absolute Gasteiger partial charge is 0.385 e. The summed E-state index contributed by atoms with van der Waals surface area (Å²) in [7, 11) is -1.89. The van der Waals surface area contributed by atoms with Crippen molar-refractivity contribution in [1.82, 2.24) is 9.71 Å². The minimum atomic E-state index is -3.47. The number of nitrogens with one attached hydrogen (secondary N) is 2. The molecule has 98 valence electrons. The normalized spacial score (nSPS) is 13.8. The van der Waals surface area contributed by atoms with E-state index < -0.39 is 10.0 Å². The first-order chi connectivity index (χ1) is 7.99. The van der Waals surface area contributed by atoms with Crippen molar-refractivity contribution in [2.75, 3.05) is 13.7 Å². The highest BCUT2D eigenvalue weighted by molar-refractivity contribution is 7.89. The number of aromatic nitrogens is 1. The maximum absolute atomic E-state index is 11.9. The first kappa shape index (κ1) is 14.2. The molecule has 1 aromatic rings. The van der Waals surface area contributed by atoms with E-state index in [0.29, 0.717) is 18.7 Å². The lowest BCUT2D eigenvalue weighted by molar-refractivity contribution is 0.188. The zero-order valence-electron chi connectivity index (χ0n) is 10.1. The van der Waals surface area contributed by atoms with Crippen LogP contribution in [0.15, 0.2) is 17.2 Å². The summed E-state index contributed by atoms with van der Waals surface area (Å²) in [5, 5.41) is 0. The molecule has 4 N–H and O–H groups in total. The Balaban J connectivity index is 2.68. The van der Waals surface area contributed by atoms with Crippen LogP contribution in [0.3, 0.4) is 0 Å². The molecule has 0 amide bonds. The number of methoxy groups -OCH3 is 1. The van der Waals surface area contributed by atoms with Crippen LogP contribution in [0, 0.1) is 0 Å². The molecule has 0 aliphatic rings. The van der Waals surface area contributed by atoms with E-state index in [0.717, 1.165) is 0 Å². The van der Waals surface area contributed by atoms with Gasteiger partial charge in [-0.25, -0.2) is 13.1 Å². The van der Waals surface area contributed by atoms with Gasteiger partial charge in [0.05, 0.1) is 4.90 Å². The average molecular weight is 261 g/mol. The van der Waals surface area contributed by atoms with Gasteiger partial charge in [-0.3, -0.25) is 0 Å². The quantitative estimate of drug-likeness (QED) is 0.652. The van der Waals surface area contributed by atoms with Crippen molar-refractivity contribution in [3.05, 3.63) is 18.0 Å². The van der Waals surface area contributed by atoms with Gasteiger partial charge in [0.1, 0.15) is 0 Å². The molecular formula is C10H19N3O3S. The third-order valence-corrected chi connectivity index (χ3v) is 3.93. The number of aromatic amines is 1. The Hall–Kier alpha value is -0.890.